The molecule has 0 aliphatic heterocycles. The largest absolute Gasteiger partial charge is 0.512 e. The van der Waals surface area contributed by atoms with E-state index in [1.165, 1.54) is 23.3 Å². The second-order valence-corrected chi connectivity index (χ2v) is 6.00. The lowest BCUT2D eigenvalue weighted by atomic mass is 10.1. The molecule has 3 aromatic rings. The van der Waals surface area contributed by atoms with E-state index in [4.69, 9.17) is 0 Å². The van der Waals surface area contributed by atoms with Gasteiger partial charge in [0.2, 0.25) is 0 Å². The van der Waals surface area contributed by atoms with Gasteiger partial charge in [0.25, 0.3) is 0 Å². The van der Waals surface area contributed by atoms with Crippen molar-refractivity contribution in [2.24, 2.45) is 0 Å². The molecule has 1 heterocycles. The highest BCUT2D eigenvalue weighted by Crippen LogP contribution is 2.14. The first-order valence-electron chi connectivity index (χ1n) is 8.39. The Kier molecular flexibility index (Phi) is 5.21. The number of allylic oxidation sites excluding steroid dienone is 2. The highest BCUT2D eigenvalue weighted by Gasteiger charge is 2.30. The SMILES string of the molecule is CC(=O)/C(=C(\C)O)c1nn(-c2ccccc2)n[n+]1CC(=O)c1ccccc1. The second-order valence-electron chi connectivity index (χ2n) is 6.00. The lowest BCUT2D eigenvalue weighted by Gasteiger charge is -2.01. The maximum atomic E-state index is 12.6. The molecular weight excluding hydrogens is 344 g/mol. The van der Waals surface area contributed by atoms with Crippen LogP contribution in [0.3, 0.4) is 0 Å². The van der Waals surface area contributed by atoms with Gasteiger partial charge in [0.05, 0.1) is 10.3 Å². The molecule has 0 unspecified atom stereocenters. The zero-order valence-electron chi connectivity index (χ0n) is 15.0. The molecule has 7 nitrogen and oxygen atoms in total. The molecule has 0 atom stereocenters. The van der Waals surface area contributed by atoms with Crippen LogP contribution in [-0.4, -0.2) is 31.8 Å². The van der Waals surface area contributed by atoms with Gasteiger partial charge in [-0.25, -0.2) is 0 Å². The van der Waals surface area contributed by atoms with Gasteiger partial charge >= 0.3 is 5.82 Å². The van der Waals surface area contributed by atoms with E-state index in [2.05, 4.69) is 10.3 Å². The van der Waals surface area contributed by atoms with Crippen LogP contribution in [0.5, 0.6) is 0 Å². The van der Waals surface area contributed by atoms with Crippen molar-refractivity contribution >= 4 is 17.1 Å². The summed E-state index contributed by atoms with van der Waals surface area (Å²) in [6.07, 6.45) is 0. The number of nitrogens with zero attached hydrogens (tertiary/aromatic N) is 4. The lowest BCUT2D eigenvalue weighted by molar-refractivity contribution is -0.744. The van der Waals surface area contributed by atoms with Gasteiger partial charge in [-0.15, -0.1) is 4.68 Å². The van der Waals surface area contributed by atoms with E-state index in [1.807, 2.05) is 24.3 Å². The topological polar surface area (TPSA) is 89.0 Å². The Labute approximate surface area is 156 Å². The predicted octanol–water partition coefficient (Wildman–Crippen LogP) is 2.32. The molecule has 0 spiro atoms. The number of carbonyl (C=O) groups is 2. The van der Waals surface area contributed by atoms with Crippen LogP contribution in [0.25, 0.3) is 11.3 Å². The number of aliphatic hydroxyl groups is 1. The van der Waals surface area contributed by atoms with Gasteiger partial charge < -0.3 is 5.11 Å². The molecule has 0 saturated heterocycles. The zero-order valence-corrected chi connectivity index (χ0v) is 15.0. The monoisotopic (exact) mass is 363 g/mol. The van der Waals surface area contributed by atoms with Gasteiger partial charge in [-0.05, 0) is 26.0 Å². The van der Waals surface area contributed by atoms with Crippen molar-refractivity contribution in [2.75, 3.05) is 0 Å². The number of Topliss-reactive ketones (excluding diaryl/α,β-unsaturated/α-hetero) is 2. The molecule has 0 amide bonds. The summed E-state index contributed by atoms with van der Waals surface area (Å²) in [7, 11) is 0. The van der Waals surface area contributed by atoms with Crippen LogP contribution in [0, 0.1) is 0 Å². The third-order valence-corrected chi connectivity index (χ3v) is 3.94. The van der Waals surface area contributed by atoms with Gasteiger partial charge in [-0.2, -0.15) is 0 Å². The van der Waals surface area contributed by atoms with Crippen LogP contribution in [0.2, 0.25) is 0 Å². The van der Waals surface area contributed by atoms with E-state index in [-0.39, 0.29) is 35.3 Å². The van der Waals surface area contributed by atoms with Crippen LogP contribution >= 0.6 is 0 Å². The van der Waals surface area contributed by atoms with Crippen molar-refractivity contribution in [1.29, 1.82) is 0 Å². The maximum Gasteiger partial charge on any atom is 0.337 e. The quantitative estimate of drug-likeness (QED) is 0.314. The number of ketones is 2. The van der Waals surface area contributed by atoms with Crippen LogP contribution in [-0.2, 0) is 11.3 Å². The van der Waals surface area contributed by atoms with Gasteiger partial charge in [-0.1, -0.05) is 48.5 Å². The number of benzene rings is 2. The fourth-order valence-corrected chi connectivity index (χ4v) is 2.69. The lowest BCUT2D eigenvalue weighted by Crippen LogP contribution is -2.44. The molecular formula is C20H19N4O3+. The molecule has 7 heteroatoms. The number of para-hydroxylation sites is 1. The Bertz CT molecular complexity index is 1000. The first-order chi connectivity index (χ1) is 13.0. The normalized spacial score (nSPS) is 11.8. The summed E-state index contributed by atoms with van der Waals surface area (Å²) in [6, 6.07) is 17.9. The van der Waals surface area contributed by atoms with E-state index in [0.29, 0.717) is 11.3 Å². The Balaban J connectivity index is 2.08. The van der Waals surface area contributed by atoms with Gasteiger partial charge in [0.15, 0.2) is 23.8 Å². The molecule has 0 radical (unpaired) electrons. The minimum Gasteiger partial charge on any atom is -0.512 e. The minimum atomic E-state index is -0.365. The van der Waals surface area contributed by atoms with Crippen molar-refractivity contribution in [3.8, 4) is 5.69 Å². The van der Waals surface area contributed by atoms with Crippen molar-refractivity contribution < 1.29 is 19.4 Å². The summed E-state index contributed by atoms with van der Waals surface area (Å²) < 4.78 is 1.33. The molecule has 0 aliphatic carbocycles. The Morgan fingerprint density at radius 1 is 1.00 bits per heavy atom. The van der Waals surface area contributed by atoms with Crippen molar-refractivity contribution in [3.05, 3.63) is 77.8 Å². The number of aromatic nitrogens is 4. The standard InChI is InChI=1S/C20H18N4O3/c1-14(25)19(15(2)26)20-21-24(17-11-7-4-8-12-17)22-23(20)13-18(27)16-9-5-3-6-10-16/h3-12H,13H2,1-2H3/p+1. The second kappa shape index (κ2) is 7.74. The molecule has 1 aromatic heterocycles. The van der Waals surface area contributed by atoms with E-state index in [9.17, 15) is 14.7 Å². The first-order valence-corrected chi connectivity index (χ1v) is 8.39. The Hall–Kier alpha value is -3.61. The van der Waals surface area contributed by atoms with Crippen LogP contribution in [0.15, 0.2) is 66.4 Å². The van der Waals surface area contributed by atoms with E-state index >= 15 is 0 Å². The smallest absolute Gasteiger partial charge is 0.337 e. The number of hydrogen-bond acceptors (Lipinski definition) is 5. The molecule has 0 aliphatic rings. The highest BCUT2D eigenvalue weighted by molar-refractivity contribution is 6.18. The summed E-state index contributed by atoms with van der Waals surface area (Å²) in [5.41, 5.74) is 1.22. The van der Waals surface area contributed by atoms with Crippen LogP contribution in [0.1, 0.15) is 30.0 Å². The average molecular weight is 363 g/mol. The number of hydrogen-bond donors (Lipinski definition) is 1. The van der Waals surface area contributed by atoms with Gasteiger partial charge in [-0.3, -0.25) is 9.59 Å². The zero-order chi connectivity index (χ0) is 19.4. The van der Waals surface area contributed by atoms with E-state index in [1.54, 1.807) is 36.4 Å². The molecule has 27 heavy (non-hydrogen) atoms. The molecule has 0 saturated carbocycles. The molecule has 0 bridgehead atoms. The minimum absolute atomic E-state index is 0.0260. The van der Waals surface area contributed by atoms with Gasteiger partial charge in [0.1, 0.15) is 11.3 Å². The van der Waals surface area contributed by atoms with Crippen LogP contribution in [0.4, 0.5) is 0 Å². The summed E-state index contributed by atoms with van der Waals surface area (Å²) >= 11 is 0. The number of tetrazole rings is 1. The molecule has 3 rings (SSSR count). The van der Waals surface area contributed by atoms with Crippen molar-refractivity contribution in [1.82, 2.24) is 15.1 Å². The third-order valence-electron chi connectivity index (χ3n) is 3.94. The number of aliphatic hydroxyl groups excluding tert-OH is 1. The van der Waals surface area contributed by atoms with Crippen molar-refractivity contribution in [3.63, 3.8) is 0 Å². The van der Waals surface area contributed by atoms with Crippen molar-refractivity contribution in [2.45, 2.75) is 20.4 Å². The average Bonchev–Trinajstić information content (AvgIpc) is 3.06. The summed E-state index contributed by atoms with van der Waals surface area (Å²) in [6.45, 7) is 2.62. The summed E-state index contributed by atoms with van der Waals surface area (Å²) in [5, 5.41) is 18.7. The van der Waals surface area contributed by atoms with Gasteiger partial charge in [0, 0.05) is 10.4 Å². The Morgan fingerprint density at radius 3 is 2.15 bits per heavy atom. The first kappa shape index (κ1) is 18.2. The predicted molar refractivity (Wildman–Crippen MR) is 98.2 cm³/mol. The fourth-order valence-electron chi connectivity index (χ4n) is 2.69. The van der Waals surface area contributed by atoms with E-state index in [0.717, 1.165) is 0 Å². The Morgan fingerprint density at radius 2 is 1.59 bits per heavy atom. The highest BCUT2D eigenvalue weighted by atomic mass is 16.3. The summed E-state index contributed by atoms with van der Waals surface area (Å²) in [5.74, 6) is -0.587. The molecule has 0 fully saturated rings. The number of carbonyl (C=O) groups excluding carboxylic acids is 2. The molecule has 2 aromatic carbocycles. The van der Waals surface area contributed by atoms with E-state index < -0.39 is 0 Å². The van der Waals surface area contributed by atoms with Crippen LogP contribution < -0.4 is 4.68 Å². The maximum absolute atomic E-state index is 12.6. The number of rotatable bonds is 6. The summed E-state index contributed by atoms with van der Waals surface area (Å²) in [4.78, 5) is 26.0. The fraction of sp³-hybridized carbons (Fsp3) is 0.150. The third kappa shape index (κ3) is 3.98. The molecule has 136 valence electrons. The molecule has 1 N–H and O–H groups in total.